The number of halogens is 4. The van der Waals surface area contributed by atoms with Crippen LogP contribution in [0.3, 0.4) is 0 Å². The zero-order valence-electron chi connectivity index (χ0n) is 7.11. The summed E-state index contributed by atoms with van der Waals surface area (Å²) in [6.07, 6.45) is -5.21. The summed E-state index contributed by atoms with van der Waals surface area (Å²) >= 11 is 3.03. The Labute approximate surface area is 87.7 Å². The molecule has 1 aromatic carbocycles. The number of rotatable bonds is 2. The van der Waals surface area contributed by atoms with Gasteiger partial charge in [0.1, 0.15) is 0 Å². The lowest BCUT2D eigenvalue weighted by atomic mass is 10.1. The fourth-order valence-corrected chi connectivity index (χ4v) is 1.46. The summed E-state index contributed by atoms with van der Waals surface area (Å²) < 4.78 is 36.6. The SMILES string of the molecule is OCc1ccc(Br)c(CC(F)(F)F)c1. The molecule has 1 N–H and O–H groups in total. The molecule has 0 fully saturated rings. The molecule has 0 spiro atoms. The van der Waals surface area contributed by atoms with E-state index in [0.717, 1.165) is 0 Å². The second-order valence-corrected chi connectivity index (χ2v) is 3.73. The number of aliphatic hydroxyl groups excluding tert-OH is 1. The summed E-state index contributed by atoms with van der Waals surface area (Å²) in [5, 5.41) is 8.75. The molecule has 1 nitrogen and oxygen atoms in total. The van der Waals surface area contributed by atoms with Crippen LogP contribution in [-0.2, 0) is 13.0 Å². The summed E-state index contributed by atoms with van der Waals surface area (Å²) in [5.74, 6) is 0. The van der Waals surface area contributed by atoms with Crippen molar-refractivity contribution >= 4 is 15.9 Å². The Hall–Kier alpha value is -0.550. The monoisotopic (exact) mass is 268 g/mol. The smallest absolute Gasteiger partial charge is 0.392 e. The van der Waals surface area contributed by atoms with E-state index < -0.39 is 12.6 Å². The minimum Gasteiger partial charge on any atom is -0.392 e. The van der Waals surface area contributed by atoms with Crippen molar-refractivity contribution in [2.24, 2.45) is 0 Å². The van der Waals surface area contributed by atoms with Crippen molar-refractivity contribution in [3.63, 3.8) is 0 Å². The molecule has 1 aromatic rings. The van der Waals surface area contributed by atoms with Gasteiger partial charge in [-0.25, -0.2) is 0 Å². The van der Waals surface area contributed by atoms with Gasteiger partial charge in [-0.1, -0.05) is 28.1 Å². The topological polar surface area (TPSA) is 20.2 Å². The molecule has 5 heteroatoms. The summed E-state index contributed by atoms with van der Waals surface area (Å²) in [7, 11) is 0. The minimum absolute atomic E-state index is 0.143. The largest absolute Gasteiger partial charge is 0.393 e. The summed E-state index contributed by atoms with van der Waals surface area (Å²) in [4.78, 5) is 0. The van der Waals surface area contributed by atoms with Gasteiger partial charge in [-0.2, -0.15) is 13.2 Å². The van der Waals surface area contributed by atoms with Crippen LogP contribution in [-0.4, -0.2) is 11.3 Å². The Morgan fingerprint density at radius 3 is 2.43 bits per heavy atom. The van der Waals surface area contributed by atoms with Crippen LogP contribution in [0.2, 0.25) is 0 Å². The average molecular weight is 269 g/mol. The van der Waals surface area contributed by atoms with Crippen LogP contribution in [0.1, 0.15) is 11.1 Å². The van der Waals surface area contributed by atoms with Crippen molar-refractivity contribution < 1.29 is 18.3 Å². The molecule has 0 radical (unpaired) electrons. The summed E-state index contributed by atoms with van der Waals surface area (Å²) in [6, 6.07) is 4.42. The van der Waals surface area contributed by atoms with E-state index in [4.69, 9.17) is 5.11 Å². The molecule has 0 saturated carbocycles. The van der Waals surface area contributed by atoms with Crippen LogP contribution in [0.5, 0.6) is 0 Å². The van der Waals surface area contributed by atoms with Crippen molar-refractivity contribution in [3.05, 3.63) is 33.8 Å². The maximum Gasteiger partial charge on any atom is 0.393 e. The van der Waals surface area contributed by atoms with Crippen LogP contribution in [0.25, 0.3) is 0 Å². The molecule has 0 aliphatic heterocycles. The van der Waals surface area contributed by atoms with Crippen molar-refractivity contribution in [2.45, 2.75) is 19.2 Å². The molecule has 0 aliphatic rings. The van der Waals surface area contributed by atoms with Gasteiger partial charge in [-0.3, -0.25) is 0 Å². The Morgan fingerprint density at radius 2 is 1.93 bits per heavy atom. The van der Waals surface area contributed by atoms with Crippen LogP contribution >= 0.6 is 15.9 Å². The highest BCUT2D eigenvalue weighted by Crippen LogP contribution is 2.27. The van der Waals surface area contributed by atoms with Gasteiger partial charge in [0, 0.05) is 4.47 Å². The zero-order chi connectivity index (χ0) is 10.8. The normalized spacial score (nSPS) is 11.8. The van der Waals surface area contributed by atoms with Crippen LogP contribution in [0, 0.1) is 0 Å². The van der Waals surface area contributed by atoms with Crippen molar-refractivity contribution in [2.75, 3.05) is 0 Å². The van der Waals surface area contributed by atoms with E-state index in [0.29, 0.717) is 10.0 Å². The first-order chi connectivity index (χ1) is 6.42. The van der Waals surface area contributed by atoms with E-state index in [-0.39, 0.29) is 12.2 Å². The fraction of sp³-hybridized carbons (Fsp3) is 0.333. The predicted octanol–water partition coefficient (Wildman–Crippen LogP) is 3.05. The van der Waals surface area contributed by atoms with Gasteiger partial charge in [0.15, 0.2) is 0 Å². The minimum atomic E-state index is -4.23. The van der Waals surface area contributed by atoms with Crippen LogP contribution < -0.4 is 0 Å². The lowest BCUT2D eigenvalue weighted by Gasteiger charge is -2.09. The Kier molecular flexibility index (Phi) is 3.55. The molecule has 0 atom stereocenters. The number of alkyl halides is 3. The van der Waals surface area contributed by atoms with Gasteiger partial charge in [0.25, 0.3) is 0 Å². The second-order valence-electron chi connectivity index (χ2n) is 2.88. The Balaban J connectivity index is 2.95. The second kappa shape index (κ2) is 4.31. The fourth-order valence-electron chi connectivity index (χ4n) is 1.08. The molecular weight excluding hydrogens is 261 g/mol. The van der Waals surface area contributed by atoms with Gasteiger partial charge in [0.05, 0.1) is 13.0 Å². The number of aliphatic hydroxyl groups is 1. The van der Waals surface area contributed by atoms with Crippen LogP contribution in [0.4, 0.5) is 13.2 Å². The quantitative estimate of drug-likeness (QED) is 0.874. The first-order valence-electron chi connectivity index (χ1n) is 3.87. The van der Waals surface area contributed by atoms with Gasteiger partial charge in [-0.15, -0.1) is 0 Å². The highest BCUT2D eigenvalue weighted by atomic mass is 79.9. The van der Waals surface area contributed by atoms with E-state index in [1.54, 1.807) is 6.07 Å². The molecule has 78 valence electrons. The Bertz CT molecular complexity index is 322. The summed E-state index contributed by atoms with van der Waals surface area (Å²) in [5.41, 5.74) is 0.622. The lowest BCUT2D eigenvalue weighted by Crippen LogP contribution is -2.12. The molecule has 14 heavy (non-hydrogen) atoms. The van der Waals surface area contributed by atoms with Crippen molar-refractivity contribution in [3.8, 4) is 0 Å². The first-order valence-corrected chi connectivity index (χ1v) is 4.66. The van der Waals surface area contributed by atoms with Gasteiger partial charge in [-0.05, 0) is 17.2 Å². The van der Waals surface area contributed by atoms with Gasteiger partial charge < -0.3 is 5.11 Å². The van der Waals surface area contributed by atoms with E-state index in [1.807, 2.05) is 0 Å². The van der Waals surface area contributed by atoms with Crippen molar-refractivity contribution in [1.29, 1.82) is 0 Å². The third-order valence-electron chi connectivity index (χ3n) is 1.68. The van der Waals surface area contributed by atoms with Gasteiger partial charge >= 0.3 is 6.18 Å². The molecule has 0 aromatic heterocycles. The van der Waals surface area contributed by atoms with Crippen LogP contribution in [0.15, 0.2) is 22.7 Å². The number of benzene rings is 1. The third-order valence-corrected chi connectivity index (χ3v) is 2.46. The predicted molar refractivity (Wildman–Crippen MR) is 49.8 cm³/mol. The molecule has 1 rings (SSSR count). The number of hydrogen-bond donors (Lipinski definition) is 1. The van der Waals surface area contributed by atoms with Crippen molar-refractivity contribution in [1.82, 2.24) is 0 Å². The maximum absolute atomic E-state index is 12.1. The van der Waals surface area contributed by atoms with E-state index >= 15 is 0 Å². The standard InChI is InChI=1S/C9H8BrF3O/c10-8-2-1-6(5-14)3-7(8)4-9(11,12)13/h1-3,14H,4-5H2. The first kappa shape index (κ1) is 11.5. The van der Waals surface area contributed by atoms with E-state index in [2.05, 4.69) is 15.9 Å². The molecule has 0 unspecified atom stereocenters. The average Bonchev–Trinajstić information content (AvgIpc) is 2.06. The highest BCUT2D eigenvalue weighted by molar-refractivity contribution is 9.10. The molecule has 0 amide bonds. The maximum atomic E-state index is 12.1. The summed E-state index contributed by atoms with van der Waals surface area (Å²) in [6.45, 7) is -0.252. The zero-order valence-corrected chi connectivity index (χ0v) is 8.69. The molecule has 0 bridgehead atoms. The lowest BCUT2D eigenvalue weighted by molar-refractivity contribution is -0.127. The number of hydrogen-bond acceptors (Lipinski definition) is 1. The van der Waals surface area contributed by atoms with E-state index in [1.165, 1.54) is 12.1 Å². The molecule has 0 saturated heterocycles. The Morgan fingerprint density at radius 1 is 1.29 bits per heavy atom. The van der Waals surface area contributed by atoms with E-state index in [9.17, 15) is 13.2 Å². The third kappa shape index (κ3) is 3.31. The molecule has 0 heterocycles. The highest BCUT2D eigenvalue weighted by Gasteiger charge is 2.28. The molecule has 0 aliphatic carbocycles. The van der Waals surface area contributed by atoms with Gasteiger partial charge in [0.2, 0.25) is 0 Å². The molecular formula is C9H8BrF3O.